The zero-order chi connectivity index (χ0) is 16.9. The van der Waals surface area contributed by atoms with E-state index in [9.17, 15) is 4.79 Å². The molecular weight excluding hydrogens is 298 g/mol. The van der Waals surface area contributed by atoms with Crippen LogP contribution < -0.4 is 10.1 Å². The van der Waals surface area contributed by atoms with E-state index in [-0.39, 0.29) is 11.9 Å². The van der Waals surface area contributed by atoms with Crippen LogP contribution in [0.1, 0.15) is 24.1 Å². The molecule has 0 aliphatic rings. The predicted octanol–water partition coefficient (Wildman–Crippen LogP) is 4.27. The van der Waals surface area contributed by atoms with Gasteiger partial charge in [0, 0.05) is 0 Å². The number of benzene rings is 3. The van der Waals surface area contributed by atoms with Gasteiger partial charge in [-0.25, -0.2) is 0 Å². The Morgan fingerprint density at radius 3 is 2.42 bits per heavy atom. The first-order valence-electron chi connectivity index (χ1n) is 8.07. The maximum atomic E-state index is 12.3. The van der Waals surface area contributed by atoms with Gasteiger partial charge in [-0.1, -0.05) is 48.5 Å². The van der Waals surface area contributed by atoms with Gasteiger partial charge in [-0.05, 0) is 47.0 Å². The second kappa shape index (κ2) is 7.18. The van der Waals surface area contributed by atoms with Crippen LogP contribution in [0, 0.1) is 0 Å². The Kier molecular flexibility index (Phi) is 4.80. The molecule has 0 spiro atoms. The average Bonchev–Trinajstić information content (AvgIpc) is 2.61. The van der Waals surface area contributed by atoms with Crippen molar-refractivity contribution in [3.63, 3.8) is 0 Å². The van der Waals surface area contributed by atoms with Crippen LogP contribution in [0.5, 0.6) is 5.75 Å². The summed E-state index contributed by atoms with van der Waals surface area (Å²) in [5.74, 6) is 0.810. The number of amides is 1. The van der Waals surface area contributed by atoms with Gasteiger partial charge in [0.15, 0.2) is 0 Å². The zero-order valence-electron chi connectivity index (χ0n) is 14.0. The van der Waals surface area contributed by atoms with Gasteiger partial charge in [0.2, 0.25) is 5.91 Å². The van der Waals surface area contributed by atoms with E-state index in [0.717, 1.165) is 16.9 Å². The largest absolute Gasteiger partial charge is 0.497 e. The minimum Gasteiger partial charge on any atom is -0.497 e. The Bertz CT molecular complexity index is 840. The quantitative estimate of drug-likeness (QED) is 0.763. The summed E-state index contributed by atoms with van der Waals surface area (Å²) in [7, 11) is 1.63. The maximum Gasteiger partial charge on any atom is 0.224 e. The highest BCUT2D eigenvalue weighted by Crippen LogP contribution is 2.20. The van der Waals surface area contributed by atoms with Gasteiger partial charge in [0.25, 0.3) is 0 Å². The molecule has 0 saturated heterocycles. The number of ether oxygens (including phenoxy) is 1. The van der Waals surface area contributed by atoms with E-state index in [0.29, 0.717) is 6.42 Å². The van der Waals surface area contributed by atoms with Crippen LogP contribution in [0.2, 0.25) is 0 Å². The van der Waals surface area contributed by atoms with Crippen molar-refractivity contribution in [2.75, 3.05) is 7.11 Å². The van der Waals surface area contributed by atoms with Crippen LogP contribution in [0.4, 0.5) is 0 Å². The number of rotatable bonds is 5. The topological polar surface area (TPSA) is 38.3 Å². The summed E-state index contributed by atoms with van der Waals surface area (Å²) in [6.07, 6.45) is 0.363. The molecule has 1 amide bonds. The third-order valence-corrected chi connectivity index (χ3v) is 4.17. The van der Waals surface area contributed by atoms with Crippen molar-refractivity contribution in [1.29, 1.82) is 0 Å². The lowest BCUT2D eigenvalue weighted by Crippen LogP contribution is -2.28. The molecule has 0 radical (unpaired) electrons. The fourth-order valence-electron chi connectivity index (χ4n) is 2.78. The number of nitrogens with one attached hydrogen (secondary N) is 1. The van der Waals surface area contributed by atoms with Crippen LogP contribution >= 0.6 is 0 Å². The fourth-order valence-corrected chi connectivity index (χ4v) is 2.78. The second-order valence-electron chi connectivity index (χ2n) is 5.92. The van der Waals surface area contributed by atoms with Crippen LogP contribution in [0.15, 0.2) is 66.7 Å². The number of methoxy groups -OCH3 is 1. The highest BCUT2D eigenvalue weighted by molar-refractivity contribution is 5.83. The van der Waals surface area contributed by atoms with Crippen LogP contribution in [0.3, 0.4) is 0 Å². The predicted molar refractivity (Wildman–Crippen MR) is 97.2 cm³/mol. The smallest absolute Gasteiger partial charge is 0.224 e. The Morgan fingerprint density at radius 1 is 1.00 bits per heavy atom. The summed E-state index contributed by atoms with van der Waals surface area (Å²) < 4.78 is 5.13. The molecule has 0 heterocycles. The molecule has 24 heavy (non-hydrogen) atoms. The van der Waals surface area contributed by atoms with Gasteiger partial charge >= 0.3 is 0 Å². The molecule has 3 nitrogen and oxygen atoms in total. The molecule has 0 aliphatic heterocycles. The van der Waals surface area contributed by atoms with Crippen molar-refractivity contribution in [3.05, 3.63) is 77.9 Å². The first kappa shape index (κ1) is 16.1. The van der Waals surface area contributed by atoms with Crippen molar-refractivity contribution in [3.8, 4) is 5.75 Å². The van der Waals surface area contributed by atoms with Crippen molar-refractivity contribution in [2.45, 2.75) is 19.4 Å². The van der Waals surface area contributed by atoms with Crippen molar-refractivity contribution in [1.82, 2.24) is 5.32 Å². The van der Waals surface area contributed by atoms with Crippen LogP contribution in [0.25, 0.3) is 10.8 Å². The highest BCUT2D eigenvalue weighted by Gasteiger charge is 2.10. The molecule has 0 saturated carbocycles. The van der Waals surface area contributed by atoms with Crippen molar-refractivity contribution in [2.24, 2.45) is 0 Å². The summed E-state index contributed by atoms with van der Waals surface area (Å²) in [5.41, 5.74) is 2.08. The molecule has 0 unspecified atom stereocenters. The van der Waals surface area contributed by atoms with Crippen molar-refractivity contribution < 1.29 is 9.53 Å². The van der Waals surface area contributed by atoms with Gasteiger partial charge in [-0.2, -0.15) is 0 Å². The average molecular weight is 319 g/mol. The Labute approximate surface area is 142 Å². The van der Waals surface area contributed by atoms with E-state index in [1.807, 2.05) is 43.3 Å². The highest BCUT2D eigenvalue weighted by atomic mass is 16.5. The summed E-state index contributed by atoms with van der Waals surface area (Å²) in [4.78, 5) is 12.3. The molecule has 0 fully saturated rings. The van der Waals surface area contributed by atoms with Crippen LogP contribution in [-0.2, 0) is 11.2 Å². The minimum absolute atomic E-state index is 0.0147. The Hall–Kier alpha value is -2.81. The molecule has 1 N–H and O–H groups in total. The standard InChI is InChI=1S/C21H21NO2/c1-15(18-10-9-17-5-3-4-6-19(17)14-18)22-21(23)13-16-7-11-20(24-2)12-8-16/h3-12,14-15H,13H2,1-2H3,(H,22,23)/t15-/m1/s1. The Balaban J connectivity index is 1.65. The monoisotopic (exact) mass is 319 g/mol. The number of carbonyl (C=O) groups is 1. The lowest BCUT2D eigenvalue weighted by molar-refractivity contribution is -0.121. The first-order chi connectivity index (χ1) is 11.7. The van der Waals surface area contributed by atoms with E-state index in [4.69, 9.17) is 4.74 Å². The van der Waals surface area contributed by atoms with Crippen LogP contribution in [-0.4, -0.2) is 13.0 Å². The first-order valence-corrected chi connectivity index (χ1v) is 8.07. The maximum absolute atomic E-state index is 12.3. The number of hydrogen-bond donors (Lipinski definition) is 1. The van der Waals surface area contributed by atoms with E-state index in [1.54, 1.807) is 7.11 Å². The van der Waals surface area contributed by atoms with Crippen molar-refractivity contribution >= 4 is 16.7 Å². The molecular formula is C21H21NO2. The molecule has 0 aliphatic carbocycles. The fraction of sp³-hybridized carbons (Fsp3) is 0.190. The molecule has 122 valence electrons. The number of carbonyl (C=O) groups excluding carboxylic acids is 1. The van der Waals surface area contributed by atoms with E-state index in [2.05, 4.69) is 35.6 Å². The second-order valence-corrected chi connectivity index (χ2v) is 5.92. The van der Waals surface area contributed by atoms with Gasteiger partial charge in [0.1, 0.15) is 5.75 Å². The molecule has 3 aromatic rings. The third-order valence-electron chi connectivity index (χ3n) is 4.17. The summed E-state index contributed by atoms with van der Waals surface area (Å²) in [5, 5.41) is 5.46. The molecule has 0 bridgehead atoms. The van der Waals surface area contributed by atoms with E-state index < -0.39 is 0 Å². The SMILES string of the molecule is COc1ccc(CC(=O)N[C@H](C)c2ccc3ccccc3c2)cc1. The Morgan fingerprint density at radius 2 is 1.71 bits per heavy atom. The van der Waals surface area contributed by atoms with Gasteiger partial charge in [-0.15, -0.1) is 0 Å². The summed E-state index contributed by atoms with van der Waals surface area (Å²) in [6, 6.07) is 22.1. The van der Waals surface area contributed by atoms with Gasteiger partial charge in [0.05, 0.1) is 19.6 Å². The normalized spacial score (nSPS) is 11.9. The molecule has 0 aromatic heterocycles. The van der Waals surface area contributed by atoms with Gasteiger partial charge < -0.3 is 10.1 Å². The molecule has 1 atom stereocenters. The summed E-state index contributed by atoms with van der Waals surface area (Å²) >= 11 is 0. The number of hydrogen-bond acceptors (Lipinski definition) is 2. The minimum atomic E-state index is -0.0274. The lowest BCUT2D eigenvalue weighted by Gasteiger charge is -2.15. The van der Waals surface area contributed by atoms with E-state index in [1.165, 1.54) is 10.8 Å². The molecule has 3 aromatic carbocycles. The molecule has 3 rings (SSSR count). The summed E-state index contributed by atoms with van der Waals surface area (Å²) in [6.45, 7) is 2.01. The number of fused-ring (bicyclic) bond motifs is 1. The van der Waals surface area contributed by atoms with Gasteiger partial charge in [-0.3, -0.25) is 4.79 Å². The lowest BCUT2D eigenvalue weighted by atomic mass is 10.0. The molecule has 3 heteroatoms. The van der Waals surface area contributed by atoms with E-state index >= 15 is 0 Å². The third kappa shape index (κ3) is 3.74. The zero-order valence-corrected chi connectivity index (χ0v) is 14.0.